The minimum Gasteiger partial charge on any atom is -0.481 e. The second-order valence-corrected chi connectivity index (χ2v) is 3.40. The van der Waals surface area contributed by atoms with Crippen molar-refractivity contribution >= 4 is 28.5 Å². The first-order valence-electron chi connectivity index (χ1n) is 4.28. The van der Waals surface area contributed by atoms with Gasteiger partial charge in [0.25, 0.3) is 0 Å². The van der Waals surface area contributed by atoms with E-state index in [2.05, 4.69) is 9.97 Å². The Hall–Kier alpha value is -1.68. The first-order chi connectivity index (χ1) is 7.18. The first-order valence-corrected chi connectivity index (χ1v) is 4.66. The summed E-state index contributed by atoms with van der Waals surface area (Å²) >= 11 is 5.87. The number of aliphatic carboxylic acids is 1. The van der Waals surface area contributed by atoms with Crippen LogP contribution < -0.4 is 0 Å². The zero-order valence-corrected chi connectivity index (χ0v) is 8.40. The largest absolute Gasteiger partial charge is 0.481 e. The average Bonchev–Trinajstić information content (AvgIpc) is 2.22. The Balaban J connectivity index is 2.66. The molecule has 0 saturated heterocycles. The molecular formula is C10H7ClN2O2. The van der Waals surface area contributed by atoms with E-state index in [1.165, 1.54) is 6.20 Å². The lowest BCUT2D eigenvalue weighted by molar-refractivity contribution is -0.136. The van der Waals surface area contributed by atoms with Crippen LogP contribution in [0, 0.1) is 0 Å². The summed E-state index contributed by atoms with van der Waals surface area (Å²) in [5, 5.41) is 9.73. The van der Waals surface area contributed by atoms with Crippen LogP contribution in [0.4, 0.5) is 0 Å². The summed E-state index contributed by atoms with van der Waals surface area (Å²) in [6.07, 6.45) is 2.95. The smallest absolute Gasteiger partial charge is 0.307 e. The molecular weight excluding hydrogens is 216 g/mol. The summed E-state index contributed by atoms with van der Waals surface area (Å²) in [4.78, 5) is 18.6. The van der Waals surface area contributed by atoms with Crippen LogP contribution in [0.1, 0.15) is 5.56 Å². The molecule has 0 radical (unpaired) electrons. The highest BCUT2D eigenvalue weighted by molar-refractivity contribution is 6.34. The molecule has 76 valence electrons. The van der Waals surface area contributed by atoms with Gasteiger partial charge in [0.15, 0.2) is 0 Å². The molecule has 1 N–H and O–H groups in total. The highest BCUT2D eigenvalue weighted by atomic mass is 35.5. The molecule has 4 nitrogen and oxygen atoms in total. The van der Waals surface area contributed by atoms with E-state index in [9.17, 15) is 4.79 Å². The van der Waals surface area contributed by atoms with E-state index in [0.29, 0.717) is 21.6 Å². The van der Waals surface area contributed by atoms with Gasteiger partial charge in [-0.05, 0) is 12.1 Å². The quantitative estimate of drug-likeness (QED) is 0.789. The average molecular weight is 223 g/mol. The van der Waals surface area contributed by atoms with Crippen molar-refractivity contribution in [1.29, 1.82) is 0 Å². The van der Waals surface area contributed by atoms with Crippen molar-refractivity contribution in [2.24, 2.45) is 0 Å². The summed E-state index contributed by atoms with van der Waals surface area (Å²) in [6, 6.07) is 3.50. The number of hydrogen-bond acceptors (Lipinski definition) is 3. The molecule has 0 saturated carbocycles. The van der Waals surface area contributed by atoms with Gasteiger partial charge < -0.3 is 5.11 Å². The number of fused-ring (bicyclic) bond motifs is 1. The second kappa shape index (κ2) is 3.82. The monoisotopic (exact) mass is 222 g/mol. The number of halogens is 1. The summed E-state index contributed by atoms with van der Waals surface area (Å²) in [6.45, 7) is 0. The van der Waals surface area contributed by atoms with Crippen LogP contribution in [0.25, 0.3) is 10.9 Å². The standard InChI is InChI=1S/C10H7ClN2O2/c11-10-7-2-1-3-12-9(7)6(5-13-10)4-8(14)15/h1-3,5H,4H2,(H,14,15). The lowest BCUT2D eigenvalue weighted by atomic mass is 10.1. The maximum absolute atomic E-state index is 10.6. The van der Waals surface area contributed by atoms with Gasteiger partial charge in [-0.15, -0.1) is 0 Å². The van der Waals surface area contributed by atoms with Gasteiger partial charge in [-0.3, -0.25) is 9.78 Å². The molecule has 5 heteroatoms. The zero-order chi connectivity index (χ0) is 10.8. The number of carboxylic acid groups (broad SMARTS) is 1. The van der Waals surface area contributed by atoms with Crippen molar-refractivity contribution in [2.45, 2.75) is 6.42 Å². The minimum absolute atomic E-state index is 0.0995. The SMILES string of the molecule is O=C(O)Cc1cnc(Cl)c2cccnc12. The van der Waals surface area contributed by atoms with E-state index >= 15 is 0 Å². The molecule has 0 bridgehead atoms. The number of nitrogens with zero attached hydrogens (tertiary/aromatic N) is 2. The number of rotatable bonds is 2. The third kappa shape index (κ3) is 1.89. The summed E-state index contributed by atoms with van der Waals surface area (Å²) < 4.78 is 0. The molecule has 15 heavy (non-hydrogen) atoms. The fraction of sp³-hybridized carbons (Fsp3) is 0.100. The fourth-order valence-electron chi connectivity index (χ4n) is 1.39. The Morgan fingerprint density at radius 3 is 3.00 bits per heavy atom. The van der Waals surface area contributed by atoms with E-state index in [4.69, 9.17) is 16.7 Å². The highest BCUT2D eigenvalue weighted by Gasteiger charge is 2.09. The molecule has 0 aromatic carbocycles. The van der Waals surface area contributed by atoms with Gasteiger partial charge in [0, 0.05) is 23.3 Å². The van der Waals surface area contributed by atoms with Gasteiger partial charge in [-0.25, -0.2) is 4.98 Å². The van der Waals surface area contributed by atoms with Crippen molar-refractivity contribution in [3.63, 3.8) is 0 Å². The van der Waals surface area contributed by atoms with Gasteiger partial charge in [-0.2, -0.15) is 0 Å². The number of hydrogen-bond donors (Lipinski definition) is 1. The molecule has 2 aromatic rings. The van der Waals surface area contributed by atoms with E-state index in [-0.39, 0.29) is 6.42 Å². The minimum atomic E-state index is -0.911. The van der Waals surface area contributed by atoms with Crippen LogP contribution in [0.15, 0.2) is 24.5 Å². The maximum atomic E-state index is 10.6. The molecule has 0 fully saturated rings. The van der Waals surface area contributed by atoms with Crippen LogP contribution in [0.3, 0.4) is 0 Å². The Morgan fingerprint density at radius 1 is 1.47 bits per heavy atom. The first kappa shape index (κ1) is 9.86. The van der Waals surface area contributed by atoms with Crippen LogP contribution >= 0.6 is 11.6 Å². The Bertz CT molecular complexity index is 528. The molecule has 2 heterocycles. The van der Waals surface area contributed by atoms with Crippen molar-refractivity contribution in [2.75, 3.05) is 0 Å². The van der Waals surface area contributed by atoms with Crippen molar-refractivity contribution in [3.8, 4) is 0 Å². The number of pyridine rings is 2. The van der Waals surface area contributed by atoms with Crippen LogP contribution in [-0.2, 0) is 11.2 Å². The second-order valence-electron chi connectivity index (χ2n) is 3.04. The molecule has 0 spiro atoms. The third-order valence-electron chi connectivity index (χ3n) is 2.01. The van der Waals surface area contributed by atoms with Crippen LogP contribution in [0.2, 0.25) is 5.15 Å². The van der Waals surface area contributed by atoms with E-state index in [1.54, 1.807) is 18.3 Å². The van der Waals surface area contributed by atoms with Crippen molar-refractivity contribution in [3.05, 3.63) is 35.2 Å². The van der Waals surface area contributed by atoms with Crippen molar-refractivity contribution in [1.82, 2.24) is 9.97 Å². The molecule has 0 aliphatic heterocycles. The predicted molar refractivity (Wildman–Crippen MR) is 55.9 cm³/mol. The van der Waals surface area contributed by atoms with E-state index in [0.717, 1.165) is 0 Å². The molecule has 0 unspecified atom stereocenters. The van der Waals surface area contributed by atoms with Crippen LogP contribution in [-0.4, -0.2) is 21.0 Å². The van der Waals surface area contributed by atoms with Gasteiger partial charge in [0.1, 0.15) is 5.15 Å². The highest BCUT2D eigenvalue weighted by Crippen LogP contribution is 2.22. The summed E-state index contributed by atoms with van der Waals surface area (Å²) in [5.41, 5.74) is 1.17. The van der Waals surface area contributed by atoms with Gasteiger partial charge in [0.05, 0.1) is 11.9 Å². The molecule has 0 atom stereocenters. The van der Waals surface area contributed by atoms with Gasteiger partial charge in [-0.1, -0.05) is 11.6 Å². The third-order valence-corrected chi connectivity index (χ3v) is 2.31. The molecule has 0 amide bonds. The van der Waals surface area contributed by atoms with E-state index < -0.39 is 5.97 Å². The lowest BCUT2D eigenvalue weighted by Crippen LogP contribution is -2.02. The van der Waals surface area contributed by atoms with Crippen molar-refractivity contribution < 1.29 is 9.90 Å². The van der Waals surface area contributed by atoms with Gasteiger partial charge >= 0.3 is 5.97 Å². The Morgan fingerprint density at radius 2 is 2.27 bits per heavy atom. The fourth-order valence-corrected chi connectivity index (χ4v) is 1.59. The molecule has 0 aliphatic carbocycles. The molecule has 0 aliphatic rings. The number of carboxylic acids is 1. The molecule has 2 aromatic heterocycles. The zero-order valence-electron chi connectivity index (χ0n) is 7.64. The summed E-state index contributed by atoms with van der Waals surface area (Å²) in [5.74, 6) is -0.911. The van der Waals surface area contributed by atoms with E-state index in [1.807, 2.05) is 0 Å². The topological polar surface area (TPSA) is 63.1 Å². The number of aromatic nitrogens is 2. The Labute approximate surface area is 90.5 Å². The predicted octanol–water partition coefficient (Wildman–Crippen LogP) is 1.91. The number of carbonyl (C=O) groups is 1. The maximum Gasteiger partial charge on any atom is 0.307 e. The van der Waals surface area contributed by atoms with Gasteiger partial charge in [0.2, 0.25) is 0 Å². The summed E-state index contributed by atoms with van der Waals surface area (Å²) in [7, 11) is 0. The normalized spacial score (nSPS) is 10.5. The molecule has 2 rings (SSSR count). The van der Waals surface area contributed by atoms with Crippen LogP contribution in [0.5, 0.6) is 0 Å². The lowest BCUT2D eigenvalue weighted by Gasteiger charge is -2.03. The Kier molecular flexibility index (Phi) is 2.51.